The second-order valence-corrected chi connectivity index (χ2v) is 8.62. The van der Waals surface area contributed by atoms with Crippen LogP contribution in [0.5, 0.6) is 0 Å². The zero-order valence-corrected chi connectivity index (χ0v) is 16.9. The van der Waals surface area contributed by atoms with Crippen molar-refractivity contribution in [1.82, 2.24) is 4.90 Å². The number of unbranched alkanes of at least 4 members (excludes halogenated alkanes) is 1. The van der Waals surface area contributed by atoms with Gasteiger partial charge in [-0.25, -0.2) is 0 Å². The summed E-state index contributed by atoms with van der Waals surface area (Å²) < 4.78 is 0. The van der Waals surface area contributed by atoms with E-state index in [1.807, 2.05) is 18.2 Å². The molecular weight excluding hydrogens is 361 g/mol. The topological polar surface area (TPSA) is 20.3 Å². The van der Waals surface area contributed by atoms with Crippen LogP contribution >= 0.6 is 35.0 Å². The van der Waals surface area contributed by atoms with Gasteiger partial charge in [-0.05, 0) is 50.6 Å². The molecule has 1 aromatic carbocycles. The average molecular weight is 388 g/mol. The highest BCUT2D eigenvalue weighted by Gasteiger charge is 2.44. The van der Waals surface area contributed by atoms with Gasteiger partial charge in [0.1, 0.15) is 0 Å². The van der Waals surface area contributed by atoms with E-state index in [0.29, 0.717) is 21.6 Å². The maximum atomic E-state index is 12.9. The maximum absolute atomic E-state index is 12.9. The van der Waals surface area contributed by atoms with Crippen molar-refractivity contribution in [3.8, 4) is 0 Å². The highest BCUT2D eigenvalue weighted by molar-refractivity contribution is 7.99. The van der Waals surface area contributed by atoms with Crippen molar-refractivity contribution in [2.45, 2.75) is 44.4 Å². The third-order valence-corrected chi connectivity index (χ3v) is 6.63. The monoisotopic (exact) mass is 387 g/mol. The summed E-state index contributed by atoms with van der Waals surface area (Å²) in [7, 11) is 2.15. The van der Waals surface area contributed by atoms with Crippen LogP contribution in [0.2, 0.25) is 10.0 Å². The fourth-order valence-corrected chi connectivity index (χ4v) is 4.46. The lowest BCUT2D eigenvalue weighted by atomic mass is 9.62. The Morgan fingerprint density at radius 3 is 2.58 bits per heavy atom. The van der Waals surface area contributed by atoms with Crippen LogP contribution in [-0.4, -0.2) is 42.3 Å². The molecule has 134 valence electrons. The second-order valence-electron chi connectivity index (χ2n) is 6.70. The lowest BCUT2D eigenvalue weighted by molar-refractivity contribution is -0.125. The third-order valence-electron chi connectivity index (χ3n) is 4.96. The zero-order valence-electron chi connectivity index (χ0n) is 14.6. The first kappa shape index (κ1) is 20.1. The van der Waals surface area contributed by atoms with Gasteiger partial charge in [-0.1, -0.05) is 49.0 Å². The molecule has 0 spiro atoms. The van der Waals surface area contributed by atoms with Crippen molar-refractivity contribution in [2.24, 2.45) is 0 Å². The summed E-state index contributed by atoms with van der Waals surface area (Å²) >= 11 is 13.9. The van der Waals surface area contributed by atoms with Crippen molar-refractivity contribution >= 4 is 40.7 Å². The molecule has 1 aromatic rings. The van der Waals surface area contributed by atoms with E-state index in [9.17, 15) is 4.79 Å². The van der Waals surface area contributed by atoms with E-state index >= 15 is 0 Å². The molecule has 0 aromatic heterocycles. The Bertz CT molecular complexity index is 560. The number of hydrogen-bond acceptors (Lipinski definition) is 3. The molecule has 5 heteroatoms. The summed E-state index contributed by atoms with van der Waals surface area (Å²) in [5.74, 6) is 1.93. The standard InChI is InChI=1S/C19H27Cl2NOS/c1-3-4-10-22(2)11-12-24-14-18(23)19(8-5-9-19)15-6-7-16(20)17(21)13-15/h6-7,13H,3-5,8-12,14H2,1-2H3. The number of rotatable bonds is 10. The Kier molecular flexibility index (Phi) is 7.93. The highest BCUT2D eigenvalue weighted by Crippen LogP contribution is 2.46. The minimum absolute atomic E-state index is 0.324. The Labute approximate surface area is 160 Å². The summed E-state index contributed by atoms with van der Waals surface area (Å²) in [5, 5.41) is 1.09. The molecule has 2 nitrogen and oxygen atoms in total. The smallest absolute Gasteiger partial charge is 0.153 e. The minimum atomic E-state index is -0.324. The summed E-state index contributed by atoms with van der Waals surface area (Å²) in [5.41, 5.74) is 0.712. The molecule has 1 aliphatic rings. The van der Waals surface area contributed by atoms with E-state index in [-0.39, 0.29) is 5.41 Å². The van der Waals surface area contributed by atoms with E-state index < -0.39 is 0 Å². The number of Topliss-reactive ketones (excluding diaryl/α,β-unsaturated/α-hetero) is 1. The fraction of sp³-hybridized carbons (Fsp3) is 0.632. The number of hydrogen-bond donors (Lipinski definition) is 0. The van der Waals surface area contributed by atoms with E-state index in [4.69, 9.17) is 23.2 Å². The molecule has 1 saturated carbocycles. The van der Waals surface area contributed by atoms with Crippen LogP contribution in [0.15, 0.2) is 18.2 Å². The van der Waals surface area contributed by atoms with Crippen LogP contribution < -0.4 is 0 Å². The van der Waals surface area contributed by atoms with Gasteiger partial charge >= 0.3 is 0 Å². The van der Waals surface area contributed by atoms with Gasteiger partial charge in [0.2, 0.25) is 0 Å². The van der Waals surface area contributed by atoms with Crippen molar-refractivity contribution < 1.29 is 4.79 Å². The van der Waals surface area contributed by atoms with E-state index in [1.54, 1.807) is 11.8 Å². The first-order valence-electron chi connectivity index (χ1n) is 8.74. The first-order chi connectivity index (χ1) is 11.5. The second kappa shape index (κ2) is 9.47. The molecule has 0 N–H and O–H groups in total. The van der Waals surface area contributed by atoms with Gasteiger partial charge in [0.05, 0.1) is 21.2 Å². The van der Waals surface area contributed by atoms with Crippen molar-refractivity contribution in [1.29, 1.82) is 0 Å². The van der Waals surface area contributed by atoms with Crippen LogP contribution in [0.1, 0.15) is 44.6 Å². The van der Waals surface area contributed by atoms with Gasteiger partial charge in [-0.15, -0.1) is 0 Å². The summed E-state index contributed by atoms with van der Waals surface area (Å²) in [6.07, 6.45) is 5.43. The molecule has 24 heavy (non-hydrogen) atoms. The largest absolute Gasteiger partial charge is 0.306 e. The van der Waals surface area contributed by atoms with Gasteiger partial charge in [0.15, 0.2) is 5.78 Å². The van der Waals surface area contributed by atoms with E-state index in [1.165, 1.54) is 12.8 Å². The van der Waals surface area contributed by atoms with Gasteiger partial charge < -0.3 is 4.90 Å². The quantitative estimate of drug-likeness (QED) is 0.497. The number of carbonyl (C=O) groups excluding carboxylic acids is 1. The maximum Gasteiger partial charge on any atom is 0.153 e. The Hall–Kier alpha value is -0.220. The first-order valence-corrected chi connectivity index (χ1v) is 10.7. The number of nitrogens with zero attached hydrogens (tertiary/aromatic N) is 1. The lowest BCUT2D eigenvalue weighted by Gasteiger charge is -2.41. The molecule has 0 heterocycles. The Morgan fingerprint density at radius 2 is 2.00 bits per heavy atom. The highest BCUT2D eigenvalue weighted by atomic mass is 35.5. The summed E-state index contributed by atoms with van der Waals surface area (Å²) in [4.78, 5) is 15.2. The molecule has 0 atom stereocenters. The average Bonchev–Trinajstić information content (AvgIpc) is 2.52. The van der Waals surface area contributed by atoms with Crippen LogP contribution in [0.3, 0.4) is 0 Å². The number of ketones is 1. The fourth-order valence-electron chi connectivity index (χ4n) is 3.12. The van der Waals surface area contributed by atoms with Crippen molar-refractivity contribution in [3.05, 3.63) is 33.8 Å². The van der Waals surface area contributed by atoms with Crippen LogP contribution in [0, 0.1) is 0 Å². The molecule has 0 amide bonds. The molecule has 0 aliphatic heterocycles. The summed E-state index contributed by atoms with van der Waals surface area (Å²) in [6, 6.07) is 5.65. The normalized spacial score (nSPS) is 16.2. The molecule has 0 saturated heterocycles. The predicted octanol–water partition coefficient (Wildman–Crippen LogP) is 5.45. The van der Waals surface area contributed by atoms with Gasteiger partial charge in [-0.3, -0.25) is 4.79 Å². The predicted molar refractivity (Wildman–Crippen MR) is 107 cm³/mol. The van der Waals surface area contributed by atoms with Crippen LogP contribution in [0.4, 0.5) is 0 Å². The molecule has 0 radical (unpaired) electrons. The molecule has 1 aliphatic carbocycles. The van der Waals surface area contributed by atoms with Gasteiger partial charge in [0.25, 0.3) is 0 Å². The molecule has 2 rings (SSSR count). The number of halogens is 2. The number of benzene rings is 1. The minimum Gasteiger partial charge on any atom is -0.306 e. The van der Waals surface area contributed by atoms with Crippen LogP contribution in [-0.2, 0) is 10.2 Å². The summed E-state index contributed by atoms with van der Waals surface area (Å²) in [6.45, 7) is 4.39. The van der Waals surface area contributed by atoms with E-state index in [2.05, 4.69) is 18.9 Å². The third kappa shape index (κ3) is 4.91. The molecular formula is C19H27Cl2NOS. The van der Waals surface area contributed by atoms with Crippen molar-refractivity contribution in [2.75, 3.05) is 31.6 Å². The lowest BCUT2D eigenvalue weighted by Crippen LogP contribution is -2.43. The Morgan fingerprint density at radius 1 is 1.25 bits per heavy atom. The van der Waals surface area contributed by atoms with Gasteiger partial charge in [-0.2, -0.15) is 11.8 Å². The number of carbonyl (C=O) groups is 1. The Balaban J connectivity index is 1.86. The van der Waals surface area contributed by atoms with Crippen LogP contribution in [0.25, 0.3) is 0 Å². The zero-order chi connectivity index (χ0) is 17.6. The van der Waals surface area contributed by atoms with Crippen molar-refractivity contribution in [3.63, 3.8) is 0 Å². The molecule has 1 fully saturated rings. The number of thioether (sulfide) groups is 1. The van der Waals surface area contributed by atoms with Gasteiger partial charge in [0, 0.05) is 12.3 Å². The SMILES string of the molecule is CCCCN(C)CCSCC(=O)C1(c2ccc(Cl)c(Cl)c2)CCC1. The molecule has 0 bridgehead atoms. The molecule has 0 unspecified atom stereocenters. The van der Waals surface area contributed by atoms with E-state index in [0.717, 1.165) is 43.7 Å².